The highest BCUT2D eigenvalue weighted by Gasteiger charge is 2.28. The van der Waals surface area contributed by atoms with Crippen molar-refractivity contribution >= 4 is 22.6 Å². The molecule has 2 heterocycles. The molecule has 1 aliphatic heterocycles. The first-order chi connectivity index (χ1) is 13.1. The van der Waals surface area contributed by atoms with Gasteiger partial charge in [-0.2, -0.15) is 0 Å². The van der Waals surface area contributed by atoms with Gasteiger partial charge in [-0.05, 0) is 36.2 Å². The zero-order chi connectivity index (χ0) is 19.0. The Balaban J connectivity index is 1.71. The van der Waals surface area contributed by atoms with Gasteiger partial charge in [-0.15, -0.1) is 0 Å². The van der Waals surface area contributed by atoms with Gasteiger partial charge in [0.1, 0.15) is 17.0 Å². The van der Waals surface area contributed by atoms with Crippen LogP contribution in [0, 0.1) is 6.92 Å². The van der Waals surface area contributed by atoms with Crippen LogP contribution in [-0.4, -0.2) is 30.1 Å². The fourth-order valence-corrected chi connectivity index (χ4v) is 3.51. The summed E-state index contributed by atoms with van der Waals surface area (Å²) in [6.07, 6.45) is 0. The molecule has 0 bridgehead atoms. The summed E-state index contributed by atoms with van der Waals surface area (Å²) in [5, 5.41) is 3.91. The summed E-state index contributed by atoms with van der Waals surface area (Å²) >= 11 is 0. The maximum atomic E-state index is 12.7. The zero-order valence-electron chi connectivity index (χ0n) is 15.6. The lowest BCUT2D eigenvalue weighted by Crippen LogP contribution is -2.30. The van der Waals surface area contributed by atoms with Crippen molar-refractivity contribution in [3.8, 4) is 11.5 Å². The maximum absolute atomic E-state index is 12.7. The Labute approximate surface area is 157 Å². The first kappa shape index (κ1) is 17.1. The number of hydrogen-bond donors (Lipinski definition) is 1. The summed E-state index contributed by atoms with van der Waals surface area (Å²) in [5.41, 5.74) is 4.66. The molecule has 1 aromatic heterocycles. The zero-order valence-corrected chi connectivity index (χ0v) is 15.6. The van der Waals surface area contributed by atoms with Crippen molar-refractivity contribution in [1.29, 1.82) is 0 Å². The van der Waals surface area contributed by atoms with E-state index in [0.717, 1.165) is 33.4 Å². The van der Waals surface area contributed by atoms with E-state index in [1.165, 1.54) is 0 Å². The maximum Gasteiger partial charge on any atom is 0.322 e. The van der Waals surface area contributed by atoms with Gasteiger partial charge >= 0.3 is 6.03 Å². The molecule has 0 saturated carbocycles. The fourth-order valence-electron chi connectivity index (χ4n) is 3.51. The minimum atomic E-state index is -0.125. The molecule has 0 unspecified atom stereocenters. The average Bonchev–Trinajstić information content (AvgIpc) is 3.15. The first-order valence-electron chi connectivity index (χ1n) is 8.75. The van der Waals surface area contributed by atoms with Crippen LogP contribution < -0.4 is 14.8 Å². The Morgan fingerprint density at radius 2 is 1.81 bits per heavy atom. The van der Waals surface area contributed by atoms with E-state index in [0.29, 0.717) is 24.6 Å². The van der Waals surface area contributed by atoms with Gasteiger partial charge < -0.3 is 19.7 Å². The van der Waals surface area contributed by atoms with E-state index in [1.807, 2.05) is 49.4 Å². The number of para-hydroxylation sites is 1. The smallest absolute Gasteiger partial charge is 0.322 e. The number of amides is 2. The second-order valence-corrected chi connectivity index (χ2v) is 6.53. The number of aromatic nitrogens is 1. The molecule has 0 saturated heterocycles. The van der Waals surface area contributed by atoms with Crippen molar-refractivity contribution in [1.82, 2.24) is 9.88 Å². The van der Waals surface area contributed by atoms with Crippen molar-refractivity contribution in [2.45, 2.75) is 20.0 Å². The molecule has 0 radical (unpaired) electrons. The third-order valence-corrected chi connectivity index (χ3v) is 4.92. The number of hydrogen-bond acceptors (Lipinski definition) is 4. The lowest BCUT2D eigenvalue weighted by molar-refractivity contribution is 0.212. The molecule has 0 fully saturated rings. The quantitative estimate of drug-likeness (QED) is 0.761. The van der Waals surface area contributed by atoms with E-state index in [2.05, 4.69) is 5.32 Å². The highest BCUT2D eigenvalue weighted by Crippen LogP contribution is 2.37. The van der Waals surface area contributed by atoms with Crippen LogP contribution in [0.25, 0.3) is 10.9 Å². The number of carbonyl (C=O) groups excluding carboxylic acids is 1. The predicted molar refractivity (Wildman–Crippen MR) is 104 cm³/mol. The largest absolute Gasteiger partial charge is 0.497 e. The molecule has 2 aromatic carbocycles. The number of benzene rings is 2. The molecule has 6 nitrogen and oxygen atoms in total. The van der Waals surface area contributed by atoms with Crippen LogP contribution in [0.15, 0.2) is 42.5 Å². The Hall–Kier alpha value is -3.28. The molecular formula is C21H21N3O3. The molecule has 6 heteroatoms. The van der Waals surface area contributed by atoms with Crippen LogP contribution in [0.4, 0.5) is 10.5 Å². The van der Waals surface area contributed by atoms with Crippen LogP contribution in [0.3, 0.4) is 0 Å². The number of nitrogens with one attached hydrogen (secondary N) is 1. The summed E-state index contributed by atoms with van der Waals surface area (Å²) in [4.78, 5) is 19.2. The van der Waals surface area contributed by atoms with Crippen LogP contribution in [-0.2, 0) is 13.1 Å². The second kappa shape index (κ2) is 6.79. The number of anilines is 1. The Morgan fingerprint density at radius 1 is 1.07 bits per heavy atom. The van der Waals surface area contributed by atoms with Crippen molar-refractivity contribution < 1.29 is 14.3 Å². The molecule has 0 spiro atoms. The highest BCUT2D eigenvalue weighted by atomic mass is 16.5. The number of carbonyl (C=O) groups is 1. The number of urea groups is 1. The van der Waals surface area contributed by atoms with E-state index in [4.69, 9.17) is 14.5 Å². The molecule has 1 N–H and O–H groups in total. The number of ether oxygens (including phenoxy) is 2. The molecular weight excluding hydrogens is 342 g/mol. The fraction of sp³-hybridized carbons (Fsp3) is 0.238. The molecule has 2 amide bonds. The van der Waals surface area contributed by atoms with Crippen LogP contribution in [0.2, 0.25) is 0 Å². The van der Waals surface area contributed by atoms with E-state index in [1.54, 1.807) is 19.1 Å². The lowest BCUT2D eigenvalue weighted by Gasteiger charge is -2.16. The number of methoxy groups -OCH3 is 2. The summed E-state index contributed by atoms with van der Waals surface area (Å²) in [6, 6.07) is 13.1. The minimum absolute atomic E-state index is 0.125. The monoisotopic (exact) mass is 363 g/mol. The SMILES string of the molecule is COc1cc(OC)c2nc(C)c3c(c2c1)CN(C(=O)Nc1ccccc1)C3. The summed E-state index contributed by atoms with van der Waals surface area (Å²) in [6.45, 7) is 3.02. The molecule has 3 aromatic rings. The minimum Gasteiger partial charge on any atom is -0.497 e. The number of pyridine rings is 1. The van der Waals surface area contributed by atoms with E-state index < -0.39 is 0 Å². The Bertz CT molecular complexity index is 1020. The highest BCUT2D eigenvalue weighted by molar-refractivity contribution is 5.93. The Kier molecular flexibility index (Phi) is 4.32. The van der Waals surface area contributed by atoms with Gasteiger partial charge in [-0.1, -0.05) is 18.2 Å². The second-order valence-electron chi connectivity index (χ2n) is 6.53. The first-order valence-corrected chi connectivity index (χ1v) is 8.75. The van der Waals surface area contributed by atoms with Gasteiger partial charge in [0.05, 0.1) is 14.2 Å². The third kappa shape index (κ3) is 3.03. The molecule has 4 rings (SSSR count). The lowest BCUT2D eigenvalue weighted by atomic mass is 10.0. The van der Waals surface area contributed by atoms with Gasteiger partial charge in [-0.25, -0.2) is 9.78 Å². The van der Waals surface area contributed by atoms with Gasteiger partial charge in [0, 0.05) is 35.9 Å². The molecule has 138 valence electrons. The summed E-state index contributed by atoms with van der Waals surface area (Å²) in [5.74, 6) is 1.38. The van der Waals surface area contributed by atoms with Gasteiger partial charge in [-0.3, -0.25) is 0 Å². The third-order valence-electron chi connectivity index (χ3n) is 4.92. The van der Waals surface area contributed by atoms with Gasteiger partial charge in [0.15, 0.2) is 0 Å². The van der Waals surface area contributed by atoms with Crippen molar-refractivity contribution in [3.05, 3.63) is 59.3 Å². The van der Waals surface area contributed by atoms with Crippen molar-refractivity contribution in [2.24, 2.45) is 0 Å². The van der Waals surface area contributed by atoms with Crippen LogP contribution in [0.5, 0.6) is 11.5 Å². The summed E-state index contributed by atoms with van der Waals surface area (Å²) < 4.78 is 10.9. The van der Waals surface area contributed by atoms with E-state index in [-0.39, 0.29) is 6.03 Å². The number of rotatable bonds is 3. The van der Waals surface area contributed by atoms with Crippen molar-refractivity contribution in [3.63, 3.8) is 0 Å². The number of fused-ring (bicyclic) bond motifs is 3. The van der Waals surface area contributed by atoms with E-state index >= 15 is 0 Å². The Morgan fingerprint density at radius 3 is 2.52 bits per heavy atom. The standard InChI is InChI=1S/C21H21N3O3/c1-13-17-11-24(21(25)23-14-7-5-4-6-8-14)12-18(17)16-9-15(26-2)10-19(27-3)20(16)22-13/h4-10H,11-12H2,1-3H3,(H,23,25). The predicted octanol–water partition coefficient (Wildman–Crippen LogP) is 4.11. The normalized spacial score (nSPS) is 12.8. The number of aryl methyl sites for hydroxylation is 1. The molecule has 0 aliphatic carbocycles. The molecule has 27 heavy (non-hydrogen) atoms. The topological polar surface area (TPSA) is 63.7 Å². The van der Waals surface area contributed by atoms with Crippen LogP contribution in [0.1, 0.15) is 16.8 Å². The molecule has 0 atom stereocenters. The summed E-state index contributed by atoms with van der Waals surface area (Å²) in [7, 11) is 3.25. The average molecular weight is 363 g/mol. The molecule has 1 aliphatic rings. The van der Waals surface area contributed by atoms with E-state index in [9.17, 15) is 4.79 Å². The number of nitrogens with zero attached hydrogens (tertiary/aromatic N) is 2. The van der Waals surface area contributed by atoms with Crippen LogP contribution >= 0.6 is 0 Å². The van der Waals surface area contributed by atoms with Gasteiger partial charge in [0.2, 0.25) is 0 Å². The van der Waals surface area contributed by atoms with Crippen molar-refractivity contribution in [2.75, 3.05) is 19.5 Å². The van der Waals surface area contributed by atoms with Gasteiger partial charge in [0.25, 0.3) is 0 Å².